The lowest BCUT2D eigenvalue weighted by Crippen LogP contribution is -2.44. The van der Waals surface area contributed by atoms with E-state index in [1.54, 1.807) is 0 Å². The molecule has 3 rings (SSSR count). The number of hydrogen-bond donors (Lipinski definition) is 2. The van der Waals surface area contributed by atoms with Crippen molar-refractivity contribution in [1.82, 2.24) is 9.55 Å². The van der Waals surface area contributed by atoms with Crippen molar-refractivity contribution in [2.75, 3.05) is 12.3 Å². The Bertz CT molecular complexity index is 709. The number of anilines is 1. The molecule has 2 aliphatic rings. The smallest absolute Gasteiger partial charge is 0.351 e. The van der Waals surface area contributed by atoms with E-state index in [0.717, 1.165) is 19.0 Å². The number of nitrogens with two attached hydrogens (primary N) is 1. The maximum absolute atomic E-state index is 14.5. The molecule has 3 atom stereocenters. The Morgan fingerprint density at radius 3 is 2.73 bits per heavy atom. The van der Waals surface area contributed by atoms with Crippen molar-refractivity contribution in [2.24, 2.45) is 0 Å². The maximum atomic E-state index is 14.5. The van der Waals surface area contributed by atoms with Gasteiger partial charge in [0.05, 0.1) is 6.61 Å². The van der Waals surface area contributed by atoms with Crippen molar-refractivity contribution >= 4 is 14.1 Å². The topological polar surface area (TPSA) is 99.6 Å². The summed E-state index contributed by atoms with van der Waals surface area (Å²) in [6, 6.07) is 1.23. The van der Waals surface area contributed by atoms with E-state index in [1.807, 2.05) is 0 Å². The minimum atomic E-state index is -3.64. The first-order valence-corrected chi connectivity index (χ1v) is 11.8. The number of hydrogen-bond acceptors (Lipinski definition) is 6. The number of alkyl halides is 2. The van der Waals surface area contributed by atoms with Gasteiger partial charge in [-0.15, -0.1) is 0 Å². The Kier molecular flexibility index (Phi) is 5.21. The van der Waals surface area contributed by atoms with E-state index in [4.69, 9.17) is 14.9 Å². The standard InChI is InChI=1S/C16H25F2N3O4Si/c1-26(2,10-5-3-4-6-10)24-9-11-13(22)16(17,18)14(25-11)21-8-7-12(19)20-15(21)23/h7-8,10-11,13-14,22H,3-6,9H2,1-2H3,(H2,19,20,23). The molecule has 0 aromatic carbocycles. The molecule has 10 heteroatoms. The predicted octanol–water partition coefficient (Wildman–Crippen LogP) is 1.88. The summed E-state index contributed by atoms with van der Waals surface area (Å²) in [5, 5.41) is 10.1. The van der Waals surface area contributed by atoms with E-state index < -0.39 is 38.4 Å². The normalized spacial score (nSPS) is 29.3. The van der Waals surface area contributed by atoms with Gasteiger partial charge in [-0.3, -0.25) is 4.57 Å². The van der Waals surface area contributed by atoms with E-state index in [1.165, 1.54) is 18.9 Å². The Morgan fingerprint density at radius 1 is 1.46 bits per heavy atom. The van der Waals surface area contributed by atoms with Crippen LogP contribution in [0.5, 0.6) is 0 Å². The second kappa shape index (κ2) is 6.99. The van der Waals surface area contributed by atoms with Crippen LogP contribution in [-0.4, -0.2) is 47.7 Å². The number of ether oxygens (including phenoxy) is 1. The fraction of sp³-hybridized carbons (Fsp3) is 0.750. The molecule has 7 nitrogen and oxygen atoms in total. The molecular weight excluding hydrogens is 364 g/mol. The first-order valence-electron chi connectivity index (χ1n) is 8.83. The van der Waals surface area contributed by atoms with Crippen molar-refractivity contribution in [3.05, 3.63) is 22.7 Å². The number of nitrogens with zero attached hydrogens (tertiary/aromatic N) is 2. The number of aliphatic hydroxyl groups is 1. The van der Waals surface area contributed by atoms with Crippen LogP contribution in [0.3, 0.4) is 0 Å². The molecule has 1 aromatic rings. The molecule has 3 N–H and O–H groups in total. The second-order valence-corrected chi connectivity index (χ2v) is 11.9. The van der Waals surface area contributed by atoms with Crippen molar-refractivity contribution in [3.63, 3.8) is 0 Å². The van der Waals surface area contributed by atoms with Gasteiger partial charge < -0.3 is 20.0 Å². The fourth-order valence-electron chi connectivity index (χ4n) is 3.75. The molecular formula is C16H25F2N3O4Si. The fourth-order valence-corrected chi connectivity index (χ4v) is 6.37. The summed E-state index contributed by atoms with van der Waals surface area (Å²) in [5.41, 5.74) is 4.92. The van der Waals surface area contributed by atoms with Gasteiger partial charge >= 0.3 is 11.6 Å². The van der Waals surface area contributed by atoms with Gasteiger partial charge in [-0.2, -0.15) is 13.8 Å². The zero-order valence-corrected chi connectivity index (χ0v) is 15.9. The van der Waals surface area contributed by atoms with E-state index >= 15 is 0 Å². The summed E-state index contributed by atoms with van der Waals surface area (Å²) in [6.07, 6.45) is 0.398. The number of nitrogen functional groups attached to an aromatic ring is 1. The zero-order chi connectivity index (χ0) is 19.1. The largest absolute Gasteiger partial charge is 0.414 e. The lowest BCUT2D eigenvalue weighted by atomic mass is 10.1. The van der Waals surface area contributed by atoms with Crippen LogP contribution >= 0.6 is 0 Å². The SMILES string of the molecule is C[Si](C)(OCC1OC(n2ccc(N)nc2=O)C(F)(F)C1O)C1CCCC1. The predicted molar refractivity (Wildman–Crippen MR) is 93.4 cm³/mol. The summed E-state index contributed by atoms with van der Waals surface area (Å²) in [5.74, 6) is -3.72. The molecule has 1 saturated carbocycles. The third-order valence-corrected chi connectivity index (χ3v) is 8.90. The Balaban J connectivity index is 1.73. The van der Waals surface area contributed by atoms with Crippen LogP contribution in [0.25, 0.3) is 0 Å². The van der Waals surface area contributed by atoms with Crippen LogP contribution in [0.4, 0.5) is 14.6 Å². The lowest BCUT2D eigenvalue weighted by Gasteiger charge is -2.30. The quantitative estimate of drug-likeness (QED) is 0.746. The molecule has 3 unspecified atom stereocenters. The van der Waals surface area contributed by atoms with Gasteiger partial charge in [0.25, 0.3) is 0 Å². The van der Waals surface area contributed by atoms with Crippen LogP contribution < -0.4 is 11.4 Å². The first-order chi connectivity index (χ1) is 12.1. The van der Waals surface area contributed by atoms with E-state index in [2.05, 4.69) is 18.1 Å². The molecule has 146 valence electrons. The van der Waals surface area contributed by atoms with Crippen LogP contribution in [-0.2, 0) is 9.16 Å². The van der Waals surface area contributed by atoms with Crippen LogP contribution in [0.2, 0.25) is 18.6 Å². The van der Waals surface area contributed by atoms with Gasteiger partial charge in [0.2, 0.25) is 6.23 Å². The lowest BCUT2D eigenvalue weighted by molar-refractivity contribution is -0.140. The first kappa shape index (κ1) is 19.4. The molecule has 0 radical (unpaired) electrons. The van der Waals surface area contributed by atoms with Crippen LogP contribution in [0, 0.1) is 0 Å². The Morgan fingerprint density at radius 2 is 2.12 bits per heavy atom. The average molecular weight is 389 g/mol. The van der Waals surface area contributed by atoms with Crippen molar-refractivity contribution in [1.29, 1.82) is 0 Å². The highest BCUT2D eigenvalue weighted by Gasteiger charge is 2.60. The summed E-state index contributed by atoms with van der Waals surface area (Å²) in [7, 11) is -2.07. The average Bonchev–Trinajstić information content (AvgIpc) is 3.16. The Hall–Kier alpha value is -1.36. The number of aliphatic hydroxyl groups excluding tert-OH is 1. The van der Waals surface area contributed by atoms with Gasteiger partial charge in [-0.05, 0) is 24.7 Å². The monoisotopic (exact) mass is 389 g/mol. The van der Waals surface area contributed by atoms with Gasteiger partial charge in [-0.25, -0.2) is 4.79 Å². The van der Waals surface area contributed by atoms with Crippen LogP contribution in [0.15, 0.2) is 17.1 Å². The molecule has 0 bridgehead atoms. The van der Waals surface area contributed by atoms with Gasteiger partial charge in [0.1, 0.15) is 11.9 Å². The highest BCUT2D eigenvalue weighted by molar-refractivity contribution is 6.72. The molecule has 26 heavy (non-hydrogen) atoms. The van der Waals surface area contributed by atoms with Gasteiger partial charge in [0, 0.05) is 6.20 Å². The second-order valence-electron chi connectivity index (χ2n) is 7.58. The van der Waals surface area contributed by atoms with E-state index in [-0.39, 0.29) is 12.4 Å². The molecule has 1 aliphatic carbocycles. The summed E-state index contributed by atoms with van der Waals surface area (Å²) in [6.45, 7) is 4.00. The molecule has 1 aliphatic heterocycles. The number of rotatable bonds is 5. The van der Waals surface area contributed by atoms with Crippen molar-refractivity contribution in [3.8, 4) is 0 Å². The molecule has 2 fully saturated rings. The van der Waals surface area contributed by atoms with Crippen molar-refractivity contribution in [2.45, 2.75) is 68.7 Å². The summed E-state index contributed by atoms with van der Waals surface area (Å²) >= 11 is 0. The zero-order valence-electron chi connectivity index (χ0n) is 14.9. The molecule has 0 amide bonds. The van der Waals surface area contributed by atoms with Gasteiger partial charge in [-0.1, -0.05) is 25.7 Å². The molecule has 0 spiro atoms. The highest BCUT2D eigenvalue weighted by Crippen LogP contribution is 2.43. The summed E-state index contributed by atoms with van der Waals surface area (Å²) in [4.78, 5) is 15.3. The number of aromatic nitrogens is 2. The minimum absolute atomic E-state index is 0.0719. The third-order valence-electron chi connectivity index (χ3n) is 5.44. The maximum Gasteiger partial charge on any atom is 0.351 e. The minimum Gasteiger partial charge on any atom is -0.414 e. The van der Waals surface area contributed by atoms with Crippen LogP contribution in [0.1, 0.15) is 31.9 Å². The van der Waals surface area contributed by atoms with Gasteiger partial charge in [0.15, 0.2) is 14.4 Å². The van der Waals surface area contributed by atoms with E-state index in [9.17, 15) is 18.7 Å². The summed E-state index contributed by atoms with van der Waals surface area (Å²) < 4.78 is 41.0. The van der Waals surface area contributed by atoms with E-state index in [0.29, 0.717) is 10.1 Å². The molecule has 1 aromatic heterocycles. The molecule has 1 saturated heterocycles. The van der Waals surface area contributed by atoms with Crippen molar-refractivity contribution < 1.29 is 23.1 Å². The third kappa shape index (κ3) is 3.55. The number of halogens is 2. The molecule has 2 heterocycles. The highest BCUT2D eigenvalue weighted by atomic mass is 28.4. The Labute approximate surface area is 151 Å².